The zero-order valence-electron chi connectivity index (χ0n) is 66.0. The zero-order valence-corrected chi connectivity index (χ0v) is 66.0. The topological polar surface area (TPSA) is 674 Å². The van der Waals surface area contributed by atoms with Crippen LogP contribution in [-0.2, 0) is 89.6 Å². The number of carboxylic acid groups (broad SMARTS) is 2. The molecule has 27 N–H and O–H groups in total. The number of unbranched alkanes of at least 4 members (excludes halogenated alkanes) is 1. The van der Waals surface area contributed by atoms with Gasteiger partial charge in [0.15, 0.2) is 11.9 Å². The number of hydrogen-bond donors (Lipinski definition) is 21. The van der Waals surface area contributed by atoms with Gasteiger partial charge in [-0.2, -0.15) is 0 Å². The molecule has 0 spiro atoms. The lowest BCUT2D eigenvalue weighted by atomic mass is 10.00. The number of primary amides is 1. The fraction of sp³-hybridized carbons (Fsp3) is 0.600. The van der Waals surface area contributed by atoms with E-state index >= 15 is 9.59 Å². The van der Waals surface area contributed by atoms with E-state index in [4.69, 9.17) is 34.4 Å². The molecule has 0 aliphatic carbocycles. The summed E-state index contributed by atoms with van der Waals surface area (Å²) in [6.45, 7) is 8.31. The Hall–Kier alpha value is -11.9. The summed E-state index contributed by atoms with van der Waals surface area (Å²) in [5.41, 5.74) is 34.8. The lowest BCUT2D eigenvalue weighted by Crippen LogP contribution is -2.61. The Kier molecular flexibility index (Phi) is 38.4. The number of carbonyl (C=O) groups excluding carboxylic acids is 14. The second kappa shape index (κ2) is 47.0. The highest BCUT2D eigenvalue weighted by Gasteiger charge is 2.44. The van der Waals surface area contributed by atoms with E-state index in [0.717, 1.165) is 4.90 Å². The predicted molar refractivity (Wildman–Crippen MR) is 419 cm³/mol. The summed E-state index contributed by atoms with van der Waals surface area (Å²) in [6, 6.07) is -7.46. The third kappa shape index (κ3) is 31.8. The summed E-state index contributed by atoms with van der Waals surface area (Å²) in [5.74, 6) is -16.3. The van der Waals surface area contributed by atoms with E-state index in [0.29, 0.717) is 17.5 Å². The summed E-state index contributed by atoms with van der Waals surface area (Å²) >= 11 is 0. The monoisotopic (exact) mass is 1630 g/mol. The van der Waals surface area contributed by atoms with Crippen molar-refractivity contribution in [2.24, 2.45) is 56.2 Å². The van der Waals surface area contributed by atoms with Crippen LogP contribution >= 0.6 is 0 Å². The molecule has 116 heavy (non-hydrogen) atoms. The Labute approximate surface area is 671 Å². The number of carboxylic acids is 2. The van der Waals surface area contributed by atoms with Crippen LogP contribution in [0.25, 0.3) is 0 Å². The minimum absolute atomic E-state index is 0.00481. The number of nitrogens with one attached hydrogen (secondary N) is 11. The van der Waals surface area contributed by atoms with Gasteiger partial charge in [0.05, 0.1) is 6.42 Å². The Morgan fingerprint density at radius 2 is 0.862 bits per heavy atom. The molecule has 3 aliphatic rings. The summed E-state index contributed by atoms with van der Waals surface area (Å²) in [7, 11) is 0. The lowest BCUT2D eigenvalue weighted by molar-refractivity contribution is -0.144. The van der Waals surface area contributed by atoms with Crippen LogP contribution in [0, 0.1) is 11.8 Å². The molecule has 0 aromatic heterocycles. The number of aromatic hydroxyl groups is 2. The van der Waals surface area contributed by atoms with Crippen molar-refractivity contribution >= 4 is 107 Å². The Bertz CT molecular complexity index is 3840. The molecule has 2 aromatic carbocycles. The summed E-state index contributed by atoms with van der Waals surface area (Å²) in [5, 5.41) is 68.0. The van der Waals surface area contributed by atoms with Crippen molar-refractivity contribution in [1.29, 1.82) is 0 Å². The molecule has 41 nitrogen and oxygen atoms in total. The average Bonchev–Trinajstić information content (AvgIpc) is 1.63. The maximum atomic E-state index is 15.0. The van der Waals surface area contributed by atoms with Gasteiger partial charge in [-0.15, -0.1) is 0 Å². The van der Waals surface area contributed by atoms with E-state index in [1.807, 2.05) is 0 Å². The number of phenolic OH excluding ortho intramolecular Hbond substituents is 2. The molecule has 14 amide bonds. The van der Waals surface area contributed by atoms with Gasteiger partial charge in [0.25, 0.3) is 0 Å². The zero-order chi connectivity index (χ0) is 86.0. The number of carbonyl (C=O) groups is 16. The highest BCUT2D eigenvalue weighted by molar-refractivity contribution is 6.01. The number of phenols is 2. The second-order valence-corrected chi connectivity index (χ2v) is 29.9. The van der Waals surface area contributed by atoms with E-state index in [2.05, 4.69) is 68.5 Å². The SMILES string of the molecule is CC(C)C[C@H](NC(=O)[C@H](C)NC(=O)[C@H](Cc1ccc(O)cc1)NC(=O)[C@@H]1CCCN1C(=O)[C@H](CCCN=C(N)N)NC(=O)[C@H](CCCN=C(N)N)NC(=O)[C@@H]1CCCN1C(=O)[C@H](CCCCN)NC(=O)[C@H](CC(N)=O)NC(=O)[C@H](CCC(=O)O)NC(=O)[C@H](Cc1ccc(O)cc1)NC(=O)[C@H](CC(C)C)NC(=O)[C@@H]1CCC(=O)N1)C(=O)O. The van der Waals surface area contributed by atoms with Crippen LogP contribution in [0.15, 0.2) is 58.5 Å². The van der Waals surface area contributed by atoms with Gasteiger partial charge in [-0.1, -0.05) is 52.0 Å². The van der Waals surface area contributed by atoms with Crippen molar-refractivity contribution in [2.75, 3.05) is 32.7 Å². The molecule has 2 aromatic rings. The van der Waals surface area contributed by atoms with Crippen LogP contribution in [0.1, 0.15) is 161 Å². The lowest BCUT2D eigenvalue weighted by Gasteiger charge is -2.32. The number of amides is 14. The fourth-order valence-electron chi connectivity index (χ4n) is 13.4. The molecule has 3 fully saturated rings. The minimum atomic E-state index is -1.93. The van der Waals surface area contributed by atoms with E-state index in [1.165, 1.54) is 60.4 Å². The van der Waals surface area contributed by atoms with Gasteiger partial charge in [0, 0.05) is 51.9 Å². The van der Waals surface area contributed by atoms with Gasteiger partial charge in [-0.25, -0.2) is 4.79 Å². The van der Waals surface area contributed by atoms with Gasteiger partial charge >= 0.3 is 11.9 Å². The normalized spacial score (nSPS) is 17.6. The van der Waals surface area contributed by atoms with Crippen molar-refractivity contribution in [1.82, 2.24) is 68.3 Å². The first-order chi connectivity index (χ1) is 54.8. The van der Waals surface area contributed by atoms with Crippen LogP contribution < -0.4 is 92.9 Å². The van der Waals surface area contributed by atoms with Gasteiger partial charge in [0.1, 0.15) is 90.0 Å². The van der Waals surface area contributed by atoms with E-state index < -0.39 is 187 Å². The fourth-order valence-corrected chi connectivity index (χ4v) is 13.4. The Morgan fingerprint density at radius 3 is 1.32 bits per heavy atom. The average molecular weight is 1630 g/mol. The third-order valence-electron chi connectivity index (χ3n) is 19.4. The Balaban J connectivity index is 1.40. The number of aliphatic carboxylic acids is 2. The maximum Gasteiger partial charge on any atom is 0.326 e. The largest absolute Gasteiger partial charge is 0.508 e. The van der Waals surface area contributed by atoms with E-state index in [-0.39, 0.29) is 177 Å². The third-order valence-corrected chi connectivity index (χ3v) is 19.4. The van der Waals surface area contributed by atoms with Gasteiger partial charge in [0.2, 0.25) is 82.7 Å². The molecule has 0 radical (unpaired) electrons. The van der Waals surface area contributed by atoms with Crippen molar-refractivity contribution in [2.45, 2.75) is 242 Å². The van der Waals surface area contributed by atoms with Crippen molar-refractivity contribution < 1.29 is 97.1 Å². The molecular weight excluding hydrogens is 1510 g/mol. The highest BCUT2D eigenvalue weighted by Crippen LogP contribution is 2.25. The standard InChI is InChI=1S/C75H115N21O20/c1-39(2)34-51(90-63(105)47-25-27-59(100)85-47)66(108)91-53(37-43-19-23-45(98)24-20-43)67(109)86-48(26-28-60(101)102)64(106)92-54(38-58(77)99)68(110)89-49(12-6-7-29-76)71(113)95-32-10-15-56(95)69(111)87-46(13-8-30-82-74(78)79)62(104)88-50(14-9-31-83-75(80)81)72(114)96-33-11-16-57(96)70(112)93-52(36-42-17-21-44(97)22-18-42)65(107)84-41(5)61(103)94-55(73(115)116)35-40(3)4/h17-24,39-41,46-57,97-98H,6-16,25-38,76H2,1-5H3,(H2,77,99)(H,84,107)(H,85,100)(H,86,109)(H,87,111)(H,88,104)(H,89,110)(H,90,105)(H,91,108)(H,92,106)(H,93,112)(H,94,103)(H,101,102)(H,115,116)(H4,78,79,82)(H4,80,81,83)/t41-,46-,47-,48-,49-,50-,51-,52-,53-,54-,55-,56-,57-/m0/s1. The second-order valence-electron chi connectivity index (χ2n) is 29.9. The van der Waals surface area contributed by atoms with E-state index in [1.54, 1.807) is 27.7 Å². The Morgan fingerprint density at radius 1 is 0.466 bits per heavy atom. The predicted octanol–water partition coefficient (Wildman–Crippen LogP) is -4.84. The summed E-state index contributed by atoms with van der Waals surface area (Å²) < 4.78 is 0. The first-order valence-corrected chi connectivity index (χ1v) is 38.9. The van der Waals surface area contributed by atoms with Gasteiger partial charge in [-0.3, -0.25) is 81.9 Å². The van der Waals surface area contributed by atoms with Crippen LogP contribution in [-0.4, -0.2) is 248 Å². The number of rotatable bonds is 48. The van der Waals surface area contributed by atoms with Crippen LogP contribution in [0.3, 0.4) is 0 Å². The summed E-state index contributed by atoms with van der Waals surface area (Å²) in [6.07, 6.45) is -1.81. The molecular formula is C75H115N21O20. The van der Waals surface area contributed by atoms with Crippen LogP contribution in [0.5, 0.6) is 11.5 Å². The number of nitrogens with two attached hydrogens (primary N) is 6. The van der Waals surface area contributed by atoms with Crippen molar-refractivity contribution in [3.05, 3.63) is 59.7 Å². The van der Waals surface area contributed by atoms with Crippen molar-refractivity contribution in [3.8, 4) is 11.5 Å². The molecule has 640 valence electrons. The molecule has 0 unspecified atom stereocenters. The molecule has 0 bridgehead atoms. The number of benzene rings is 2. The number of nitrogens with zero attached hydrogens (tertiary/aromatic N) is 4. The minimum Gasteiger partial charge on any atom is -0.508 e. The number of guanidine groups is 2. The number of hydrogen-bond acceptors (Lipinski definition) is 21. The molecule has 3 aliphatic heterocycles. The number of likely N-dealkylation sites (tertiary alicyclic amines) is 2. The maximum absolute atomic E-state index is 15.0. The van der Waals surface area contributed by atoms with Gasteiger partial charge < -0.3 is 123 Å². The molecule has 0 saturated carbocycles. The molecule has 5 rings (SSSR count). The smallest absolute Gasteiger partial charge is 0.326 e. The molecule has 3 saturated heterocycles. The van der Waals surface area contributed by atoms with Crippen molar-refractivity contribution in [3.63, 3.8) is 0 Å². The number of aliphatic imine (C=N–C) groups is 2. The van der Waals surface area contributed by atoms with Crippen LogP contribution in [0.4, 0.5) is 0 Å². The first kappa shape index (κ1) is 94.7. The molecule has 13 atom stereocenters. The molecule has 3 heterocycles. The van der Waals surface area contributed by atoms with E-state index in [9.17, 15) is 87.5 Å². The van der Waals surface area contributed by atoms with Crippen LogP contribution in [0.2, 0.25) is 0 Å². The molecule has 41 heteroatoms. The first-order valence-electron chi connectivity index (χ1n) is 38.9. The highest BCUT2D eigenvalue weighted by atomic mass is 16.4. The van der Waals surface area contributed by atoms with Gasteiger partial charge in [-0.05, 0) is 157 Å². The summed E-state index contributed by atoms with van der Waals surface area (Å²) in [4.78, 5) is 232. The quantitative estimate of drug-likeness (QED) is 0.0168.